The molecule has 2 aromatic rings. The van der Waals surface area contributed by atoms with Gasteiger partial charge in [0.15, 0.2) is 0 Å². The highest BCUT2D eigenvalue weighted by Gasteiger charge is 2.04. The van der Waals surface area contributed by atoms with Crippen molar-refractivity contribution in [3.05, 3.63) is 59.7 Å². The molecule has 0 saturated carbocycles. The number of nitrogens with zero attached hydrogens (tertiary/aromatic N) is 1. The van der Waals surface area contributed by atoms with Crippen molar-refractivity contribution in [1.29, 1.82) is 0 Å². The molecule has 0 saturated heterocycles. The third kappa shape index (κ3) is 5.14. The molecular weight excluding hydrogens is 292 g/mol. The molecule has 2 aromatic carbocycles. The number of carbonyl (C=O) groups is 1. The summed E-state index contributed by atoms with van der Waals surface area (Å²) in [4.78, 5) is 11.9. The van der Waals surface area contributed by atoms with Crippen molar-refractivity contribution in [2.75, 3.05) is 6.61 Å². The number of carbonyl (C=O) groups excluding carboxylic acids is 1. The van der Waals surface area contributed by atoms with E-state index in [0.717, 1.165) is 24.2 Å². The summed E-state index contributed by atoms with van der Waals surface area (Å²) in [6.45, 7) is 2.76. The number of amides is 1. The first-order chi connectivity index (χ1) is 11.2. The fourth-order valence-corrected chi connectivity index (χ4v) is 1.88. The first kappa shape index (κ1) is 16.5. The highest BCUT2D eigenvalue weighted by atomic mass is 16.5. The molecule has 0 heterocycles. The third-order valence-electron chi connectivity index (χ3n) is 3.17. The largest absolute Gasteiger partial charge is 0.508 e. The molecule has 0 spiro atoms. The van der Waals surface area contributed by atoms with Crippen molar-refractivity contribution in [2.24, 2.45) is 5.10 Å². The molecule has 0 atom stereocenters. The van der Waals surface area contributed by atoms with Crippen LogP contribution in [0.4, 0.5) is 0 Å². The van der Waals surface area contributed by atoms with Gasteiger partial charge in [0.05, 0.1) is 12.8 Å². The minimum Gasteiger partial charge on any atom is -0.508 e. The number of unbranched alkanes of at least 4 members (excludes halogenated alkanes) is 1. The lowest BCUT2D eigenvalue weighted by atomic mass is 10.2. The van der Waals surface area contributed by atoms with Gasteiger partial charge in [-0.1, -0.05) is 25.5 Å². The van der Waals surface area contributed by atoms with E-state index in [4.69, 9.17) is 4.74 Å². The number of hydrazone groups is 1. The molecule has 0 bridgehead atoms. The van der Waals surface area contributed by atoms with Gasteiger partial charge in [-0.15, -0.1) is 0 Å². The Kier molecular flexibility index (Phi) is 6.17. The smallest absolute Gasteiger partial charge is 0.271 e. The van der Waals surface area contributed by atoms with Crippen LogP contribution in [0.2, 0.25) is 0 Å². The molecule has 0 aliphatic rings. The second-order valence-corrected chi connectivity index (χ2v) is 4.99. The van der Waals surface area contributed by atoms with Crippen LogP contribution in [-0.2, 0) is 0 Å². The van der Waals surface area contributed by atoms with Crippen molar-refractivity contribution < 1.29 is 14.6 Å². The number of phenolic OH excluding ortho intramolecular Hbond substituents is 1. The minimum atomic E-state index is -0.342. The molecule has 0 unspecified atom stereocenters. The number of aromatic hydroxyl groups is 1. The van der Waals surface area contributed by atoms with Crippen LogP contribution in [0.1, 0.15) is 35.7 Å². The molecule has 0 aliphatic heterocycles. The standard InChI is InChI=1S/C18H20N2O3/c1-2-3-12-23-17-7-5-4-6-15(17)13-19-20-18(22)14-8-10-16(21)11-9-14/h4-11,13,21H,2-3,12H2,1H3,(H,20,22)/b19-13+. The Hall–Kier alpha value is -2.82. The van der Waals surface area contributed by atoms with Gasteiger partial charge in [0, 0.05) is 11.1 Å². The number of hydrogen-bond donors (Lipinski definition) is 2. The minimum absolute atomic E-state index is 0.114. The van der Waals surface area contributed by atoms with E-state index in [9.17, 15) is 9.90 Å². The maximum absolute atomic E-state index is 11.9. The average molecular weight is 312 g/mol. The predicted molar refractivity (Wildman–Crippen MR) is 90.0 cm³/mol. The van der Waals surface area contributed by atoms with Gasteiger partial charge >= 0.3 is 0 Å². The Balaban J connectivity index is 1.97. The summed E-state index contributed by atoms with van der Waals surface area (Å²) in [5.74, 6) is 0.512. The molecule has 0 aromatic heterocycles. The summed E-state index contributed by atoms with van der Waals surface area (Å²) in [5.41, 5.74) is 3.68. The van der Waals surface area contributed by atoms with Gasteiger partial charge < -0.3 is 9.84 Å². The van der Waals surface area contributed by atoms with Crippen LogP contribution >= 0.6 is 0 Å². The van der Waals surface area contributed by atoms with Gasteiger partial charge in [-0.05, 0) is 42.8 Å². The summed E-state index contributed by atoms with van der Waals surface area (Å²) in [5, 5.41) is 13.2. The van der Waals surface area contributed by atoms with Crippen LogP contribution in [0.25, 0.3) is 0 Å². The van der Waals surface area contributed by atoms with E-state index in [1.54, 1.807) is 6.21 Å². The van der Waals surface area contributed by atoms with Gasteiger partial charge in [-0.25, -0.2) is 5.43 Å². The van der Waals surface area contributed by atoms with Gasteiger partial charge in [0.1, 0.15) is 11.5 Å². The highest BCUT2D eigenvalue weighted by Crippen LogP contribution is 2.16. The van der Waals surface area contributed by atoms with Crippen LogP contribution in [0.15, 0.2) is 53.6 Å². The predicted octanol–water partition coefficient (Wildman–Crippen LogP) is 3.34. The van der Waals surface area contributed by atoms with E-state index in [1.807, 2.05) is 24.3 Å². The van der Waals surface area contributed by atoms with E-state index in [0.29, 0.717) is 12.2 Å². The first-order valence-electron chi connectivity index (χ1n) is 7.55. The summed E-state index contributed by atoms with van der Waals surface area (Å²) in [6.07, 6.45) is 3.61. The van der Waals surface area contributed by atoms with E-state index in [1.165, 1.54) is 24.3 Å². The Bertz CT molecular complexity index is 666. The molecule has 5 nitrogen and oxygen atoms in total. The number of ether oxygens (including phenoxy) is 1. The second-order valence-electron chi connectivity index (χ2n) is 4.99. The lowest BCUT2D eigenvalue weighted by molar-refractivity contribution is 0.0955. The van der Waals surface area contributed by atoms with E-state index in [2.05, 4.69) is 17.5 Å². The normalized spacial score (nSPS) is 10.7. The molecule has 23 heavy (non-hydrogen) atoms. The number of para-hydroxylation sites is 1. The van der Waals surface area contributed by atoms with Crippen molar-refractivity contribution in [3.63, 3.8) is 0 Å². The van der Waals surface area contributed by atoms with Crippen LogP contribution in [0.5, 0.6) is 11.5 Å². The first-order valence-corrected chi connectivity index (χ1v) is 7.55. The zero-order valence-corrected chi connectivity index (χ0v) is 13.0. The molecule has 0 fully saturated rings. The maximum atomic E-state index is 11.9. The van der Waals surface area contributed by atoms with Gasteiger partial charge in [0.25, 0.3) is 5.91 Å². The van der Waals surface area contributed by atoms with Crippen LogP contribution < -0.4 is 10.2 Å². The Morgan fingerprint density at radius 3 is 2.70 bits per heavy atom. The number of rotatable bonds is 7. The van der Waals surface area contributed by atoms with E-state index >= 15 is 0 Å². The van der Waals surface area contributed by atoms with E-state index in [-0.39, 0.29) is 11.7 Å². The quantitative estimate of drug-likeness (QED) is 0.468. The molecule has 120 valence electrons. The van der Waals surface area contributed by atoms with Crippen LogP contribution in [-0.4, -0.2) is 23.8 Å². The van der Waals surface area contributed by atoms with E-state index < -0.39 is 0 Å². The zero-order chi connectivity index (χ0) is 16.5. The van der Waals surface area contributed by atoms with Crippen LogP contribution in [0.3, 0.4) is 0 Å². The zero-order valence-electron chi connectivity index (χ0n) is 13.0. The van der Waals surface area contributed by atoms with Crippen molar-refractivity contribution >= 4 is 12.1 Å². The van der Waals surface area contributed by atoms with Crippen LogP contribution in [0, 0.1) is 0 Å². The summed E-state index contributed by atoms with van der Waals surface area (Å²) >= 11 is 0. The number of benzene rings is 2. The number of hydrogen-bond acceptors (Lipinski definition) is 4. The lowest BCUT2D eigenvalue weighted by Crippen LogP contribution is -2.17. The molecule has 0 radical (unpaired) electrons. The topological polar surface area (TPSA) is 70.9 Å². The fraction of sp³-hybridized carbons (Fsp3) is 0.222. The Labute approximate surface area is 135 Å². The molecular formula is C18H20N2O3. The highest BCUT2D eigenvalue weighted by molar-refractivity contribution is 5.95. The molecule has 2 N–H and O–H groups in total. The molecule has 0 aliphatic carbocycles. The monoisotopic (exact) mass is 312 g/mol. The lowest BCUT2D eigenvalue weighted by Gasteiger charge is -2.08. The molecule has 5 heteroatoms. The van der Waals surface area contributed by atoms with Crippen molar-refractivity contribution in [3.8, 4) is 11.5 Å². The maximum Gasteiger partial charge on any atom is 0.271 e. The SMILES string of the molecule is CCCCOc1ccccc1/C=N/NC(=O)c1ccc(O)cc1. The number of nitrogens with one attached hydrogen (secondary N) is 1. The fourth-order valence-electron chi connectivity index (χ4n) is 1.88. The summed E-state index contributed by atoms with van der Waals surface area (Å²) in [6, 6.07) is 13.5. The third-order valence-corrected chi connectivity index (χ3v) is 3.17. The molecule has 2 rings (SSSR count). The van der Waals surface area contributed by atoms with Gasteiger partial charge in [-0.2, -0.15) is 5.10 Å². The Morgan fingerprint density at radius 1 is 1.22 bits per heavy atom. The average Bonchev–Trinajstić information content (AvgIpc) is 2.57. The van der Waals surface area contributed by atoms with Gasteiger partial charge in [-0.3, -0.25) is 4.79 Å². The summed E-state index contributed by atoms with van der Waals surface area (Å²) in [7, 11) is 0. The summed E-state index contributed by atoms with van der Waals surface area (Å²) < 4.78 is 5.70. The number of phenols is 1. The van der Waals surface area contributed by atoms with Crippen molar-refractivity contribution in [2.45, 2.75) is 19.8 Å². The Morgan fingerprint density at radius 2 is 1.96 bits per heavy atom. The molecule has 1 amide bonds. The van der Waals surface area contributed by atoms with Gasteiger partial charge in [0.2, 0.25) is 0 Å². The second kappa shape index (κ2) is 8.58. The van der Waals surface area contributed by atoms with Crippen molar-refractivity contribution in [1.82, 2.24) is 5.43 Å².